The van der Waals surface area contributed by atoms with Crippen LogP contribution in [0.1, 0.15) is 6.92 Å². The molecule has 21 heavy (non-hydrogen) atoms. The molecule has 108 valence electrons. The van der Waals surface area contributed by atoms with Crippen molar-refractivity contribution < 1.29 is 4.79 Å². The largest absolute Gasteiger partial charge is 0.282 e. The van der Waals surface area contributed by atoms with Crippen LogP contribution >= 0.6 is 35.3 Å². The molecule has 0 N–H and O–H groups in total. The first kappa shape index (κ1) is 16.3. The summed E-state index contributed by atoms with van der Waals surface area (Å²) in [5.41, 5.74) is 0.576. The summed E-state index contributed by atoms with van der Waals surface area (Å²) in [6.07, 6.45) is 2.07. The number of hydrogen-bond acceptors (Lipinski definition) is 4. The lowest BCUT2D eigenvalue weighted by Gasteiger charge is -2.04. The van der Waals surface area contributed by atoms with Crippen molar-refractivity contribution in [3.8, 4) is 0 Å². The molecule has 0 radical (unpaired) electrons. The van der Waals surface area contributed by atoms with Crippen LogP contribution in [0.2, 0.25) is 0 Å². The van der Waals surface area contributed by atoms with Crippen molar-refractivity contribution >= 4 is 40.4 Å². The Hall–Kier alpha value is -1.10. The van der Waals surface area contributed by atoms with Gasteiger partial charge in [-0.2, -0.15) is 0 Å². The van der Waals surface area contributed by atoms with Crippen LogP contribution < -0.4 is 0 Å². The summed E-state index contributed by atoms with van der Waals surface area (Å²) >= 11 is 4.68. The van der Waals surface area contributed by atoms with Crippen molar-refractivity contribution in [3.05, 3.63) is 60.7 Å². The van der Waals surface area contributed by atoms with Crippen LogP contribution in [0.4, 0.5) is 0 Å². The first-order valence-corrected chi connectivity index (χ1v) is 9.24. The van der Waals surface area contributed by atoms with E-state index in [4.69, 9.17) is 0 Å². The normalized spacial score (nSPS) is 10.4. The average Bonchev–Trinajstić information content (AvgIpc) is 2.50. The lowest BCUT2D eigenvalue weighted by molar-refractivity contribution is -0.107. The molecule has 0 atom stereocenters. The van der Waals surface area contributed by atoms with Crippen molar-refractivity contribution in [2.75, 3.05) is 6.26 Å². The molecule has 0 unspecified atom stereocenters. The Bertz CT molecular complexity index is 630. The third-order valence-electron chi connectivity index (χ3n) is 2.68. The fourth-order valence-electron chi connectivity index (χ4n) is 1.55. The molecule has 0 saturated heterocycles. The molecular weight excluding hydrogens is 316 g/mol. The van der Waals surface area contributed by atoms with Gasteiger partial charge in [0.1, 0.15) is 0 Å². The van der Waals surface area contributed by atoms with Crippen molar-refractivity contribution in [1.82, 2.24) is 0 Å². The van der Waals surface area contributed by atoms with Crippen molar-refractivity contribution in [2.24, 2.45) is 0 Å². The summed E-state index contributed by atoms with van der Waals surface area (Å²) in [6.45, 7) is 5.40. The van der Waals surface area contributed by atoms with E-state index in [0.29, 0.717) is 5.57 Å². The number of rotatable bonds is 5. The molecule has 0 saturated carbocycles. The van der Waals surface area contributed by atoms with Gasteiger partial charge in [-0.05, 0) is 79.0 Å². The summed E-state index contributed by atoms with van der Waals surface area (Å²) in [4.78, 5) is 16.2. The Morgan fingerprint density at radius 1 is 0.857 bits per heavy atom. The van der Waals surface area contributed by atoms with Gasteiger partial charge in [-0.15, -0.1) is 11.8 Å². The Balaban J connectivity index is 2.01. The maximum absolute atomic E-state index is 11.6. The molecule has 0 heterocycles. The second-order valence-electron chi connectivity index (χ2n) is 4.42. The van der Waals surface area contributed by atoms with Gasteiger partial charge in [-0.3, -0.25) is 4.79 Å². The second kappa shape index (κ2) is 7.78. The molecule has 0 spiro atoms. The van der Waals surface area contributed by atoms with Gasteiger partial charge < -0.3 is 0 Å². The fourth-order valence-corrected chi connectivity index (χ4v) is 3.43. The van der Waals surface area contributed by atoms with Crippen LogP contribution in [0.15, 0.2) is 80.3 Å². The van der Waals surface area contributed by atoms with Gasteiger partial charge in [0.25, 0.3) is 0 Å². The molecule has 2 aromatic carbocycles. The van der Waals surface area contributed by atoms with Crippen LogP contribution in [-0.2, 0) is 4.79 Å². The molecule has 2 rings (SSSR count). The molecule has 0 bridgehead atoms. The smallest absolute Gasteiger partial charge is 0.219 e. The van der Waals surface area contributed by atoms with E-state index >= 15 is 0 Å². The minimum absolute atomic E-state index is 0.0167. The minimum Gasteiger partial charge on any atom is -0.282 e. The molecule has 0 amide bonds. The standard InChI is InChI=1S/C17H16OS3/c1-12(2)17(18)21-16-10-8-15(9-11-16)20-14-6-4-13(19-3)5-7-14/h4-11H,1H2,2-3H3. The molecule has 0 fully saturated rings. The quantitative estimate of drug-likeness (QED) is 0.511. The lowest BCUT2D eigenvalue weighted by Crippen LogP contribution is -1.90. The lowest BCUT2D eigenvalue weighted by atomic mass is 10.4. The third-order valence-corrected chi connectivity index (χ3v) is 5.48. The summed E-state index contributed by atoms with van der Waals surface area (Å²) < 4.78 is 0. The van der Waals surface area contributed by atoms with Gasteiger partial charge >= 0.3 is 0 Å². The van der Waals surface area contributed by atoms with E-state index in [1.807, 2.05) is 24.3 Å². The number of benzene rings is 2. The van der Waals surface area contributed by atoms with Gasteiger partial charge in [-0.1, -0.05) is 18.3 Å². The third kappa shape index (κ3) is 4.99. The Morgan fingerprint density at radius 3 is 1.71 bits per heavy atom. The van der Waals surface area contributed by atoms with Crippen LogP contribution in [0.3, 0.4) is 0 Å². The topological polar surface area (TPSA) is 17.1 Å². The highest BCUT2D eigenvalue weighted by molar-refractivity contribution is 8.14. The Labute approximate surface area is 138 Å². The van der Waals surface area contributed by atoms with E-state index in [9.17, 15) is 4.79 Å². The minimum atomic E-state index is 0.0167. The first-order chi connectivity index (χ1) is 10.1. The first-order valence-electron chi connectivity index (χ1n) is 6.38. The van der Waals surface area contributed by atoms with Gasteiger partial charge in [-0.25, -0.2) is 0 Å². The average molecular weight is 333 g/mol. The van der Waals surface area contributed by atoms with Gasteiger partial charge in [0.05, 0.1) is 0 Å². The zero-order valence-corrected chi connectivity index (χ0v) is 14.4. The highest BCUT2D eigenvalue weighted by Gasteiger charge is 2.05. The molecule has 4 heteroatoms. The SMILES string of the molecule is C=C(C)C(=O)Sc1ccc(Sc2ccc(SC)cc2)cc1. The van der Waals surface area contributed by atoms with E-state index in [1.54, 1.807) is 30.4 Å². The maximum atomic E-state index is 11.6. The van der Waals surface area contributed by atoms with Crippen molar-refractivity contribution in [1.29, 1.82) is 0 Å². The highest BCUT2D eigenvalue weighted by Crippen LogP contribution is 2.31. The summed E-state index contributed by atoms with van der Waals surface area (Å²) in [7, 11) is 0. The van der Waals surface area contributed by atoms with E-state index in [-0.39, 0.29) is 5.12 Å². The number of carbonyl (C=O) groups excluding carboxylic acids is 1. The van der Waals surface area contributed by atoms with Crippen molar-refractivity contribution in [3.63, 3.8) is 0 Å². The van der Waals surface area contributed by atoms with Gasteiger partial charge in [0.2, 0.25) is 5.12 Å². The van der Waals surface area contributed by atoms with Gasteiger partial charge in [0, 0.05) is 19.6 Å². The van der Waals surface area contributed by atoms with Crippen LogP contribution in [-0.4, -0.2) is 11.4 Å². The van der Waals surface area contributed by atoms with E-state index in [1.165, 1.54) is 26.4 Å². The Morgan fingerprint density at radius 2 is 1.29 bits per heavy atom. The highest BCUT2D eigenvalue weighted by atomic mass is 32.2. The fraction of sp³-hybridized carbons (Fsp3) is 0.118. The summed E-state index contributed by atoms with van der Waals surface area (Å²) in [5.74, 6) is 0. The molecular formula is C17H16OS3. The number of carbonyl (C=O) groups is 1. The number of hydrogen-bond donors (Lipinski definition) is 0. The monoisotopic (exact) mass is 332 g/mol. The molecule has 2 aromatic rings. The number of thioether (sulfide) groups is 2. The molecule has 0 aliphatic carbocycles. The Kier molecular flexibility index (Phi) is 6.03. The zero-order valence-electron chi connectivity index (χ0n) is 12.0. The second-order valence-corrected chi connectivity index (χ2v) is 7.49. The molecule has 0 aliphatic heterocycles. The maximum Gasteiger partial charge on any atom is 0.219 e. The van der Waals surface area contributed by atoms with Gasteiger partial charge in [0.15, 0.2) is 0 Å². The van der Waals surface area contributed by atoms with Crippen LogP contribution in [0.25, 0.3) is 0 Å². The predicted octanol–water partition coefficient (Wildman–Crippen LogP) is 5.75. The summed E-state index contributed by atoms with van der Waals surface area (Å²) in [5, 5.41) is 0.0167. The van der Waals surface area contributed by atoms with E-state index in [0.717, 1.165) is 4.90 Å². The molecule has 1 nitrogen and oxygen atoms in total. The predicted molar refractivity (Wildman–Crippen MR) is 94.5 cm³/mol. The van der Waals surface area contributed by atoms with E-state index < -0.39 is 0 Å². The van der Waals surface area contributed by atoms with Crippen molar-refractivity contribution in [2.45, 2.75) is 26.5 Å². The molecule has 0 aliphatic rings. The molecule has 0 aromatic heterocycles. The van der Waals surface area contributed by atoms with E-state index in [2.05, 4.69) is 37.1 Å². The summed E-state index contributed by atoms with van der Waals surface area (Å²) in [6, 6.07) is 16.6. The van der Waals surface area contributed by atoms with Crippen LogP contribution in [0.5, 0.6) is 0 Å². The van der Waals surface area contributed by atoms with Crippen LogP contribution in [0, 0.1) is 0 Å². The zero-order chi connectivity index (χ0) is 15.2.